The number of nitrogens with zero attached hydrogens (tertiary/aromatic N) is 2. The highest BCUT2D eigenvalue weighted by Gasteiger charge is 2.34. The molecule has 0 amide bonds. The minimum atomic E-state index is -0.939. The van der Waals surface area contributed by atoms with E-state index in [0.717, 1.165) is 16.7 Å². The lowest BCUT2D eigenvalue weighted by atomic mass is 10.2. The molecule has 4 aromatic rings. The normalized spacial score (nSPS) is 11.7. The van der Waals surface area contributed by atoms with Gasteiger partial charge in [0.1, 0.15) is 4.75 Å². The Labute approximate surface area is 176 Å². The number of aryl methyl sites for hydroxylation is 1. The van der Waals surface area contributed by atoms with Gasteiger partial charge in [0.15, 0.2) is 23.3 Å². The maximum atomic E-state index is 12.8. The molecular formula is C22H20N2O5S. The van der Waals surface area contributed by atoms with Gasteiger partial charge in [0.25, 0.3) is 0 Å². The van der Waals surface area contributed by atoms with Crippen LogP contribution in [0.1, 0.15) is 25.4 Å². The molecule has 2 aromatic carbocycles. The zero-order valence-corrected chi connectivity index (χ0v) is 17.6. The first kappa shape index (κ1) is 20.0. The Balaban J connectivity index is 1.62. The number of fused-ring (bicyclic) bond motifs is 1. The highest BCUT2D eigenvalue weighted by molar-refractivity contribution is 8.01. The number of aromatic nitrogens is 2. The van der Waals surface area contributed by atoms with Crippen molar-refractivity contribution in [2.24, 2.45) is 0 Å². The number of thioether (sulfide) groups is 1. The highest BCUT2D eigenvalue weighted by Crippen LogP contribution is 2.36. The second kappa shape index (κ2) is 7.87. The van der Waals surface area contributed by atoms with Gasteiger partial charge in [-0.1, -0.05) is 42.1 Å². The molecule has 0 saturated carbocycles. The smallest absolute Gasteiger partial charge is 0.456 e. The molecule has 0 spiro atoms. The Morgan fingerprint density at radius 1 is 1.10 bits per heavy atom. The molecule has 7 nitrogen and oxygen atoms in total. The summed E-state index contributed by atoms with van der Waals surface area (Å²) in [4.78, 5) is 28.7. The monoisotopic (exact) mass is 424 g/mol. The van der Waals surface area contributed by atoms with Gasteiger partial charge in [0, 0.05) is 5.69 Å². The van der Waals surface area contributed by atoms with Crippen LogP contribution in [0, 0.1) is 6.92 Å². The van der Waals surface area contributed by atoms with Gasteiger partial charge < -0.3 is 13.6 Å². The molecule has 2 aromatic heterocycles. The Kier molecular flexibility index (Phi) is 5.26. The number of ether oxygens (including phenoxy) is 1. The Bertz CT molecular complexity index is 1250. The molecule has 0 saturated heterocycles. The lowest BCUT2D eigenvalue weighted by molar-refractivity contribution is -0.147. The molecule has 0 radical (unpaired) electrons. The van der Waals surface area contributed by atoms with Crippen LogP contribution in [0.15, 0.2) is 73.4 Å². The summed E-state index contributed by atoms with van der Waals surface area (Å²) in [6, 6.07) is 17.7. The largest absolute Gasteiger partial charge is 0.519 e. The molecule has 4 rings (SSSR count). The van der Waals surface area contributed by atoms with E-state index < -0.39 is 16.5 Å². The maximum absolute atomic E-state index is 12.8. The first-order valence-corrected chi connectivity index (χ1v) is 10.2. The standard InChI is InChI=1S/C22H20N2O5S/c1-14-18(29-21(26)28-14)13-27-19(25)22(2,3)30-20-23-16-11-7-8-12-17(16)24(20)15-9-5-4-6-10-15/h4-12H,13H2,1-3H3. The summed E-state index contributed by atoms with van der Waals surface area (Å²) in [5, 5.41) is 0.676. The number of hydrogen-bond acceptors (Lipinski definition) is 7. The summed E-state index contributed by atoms with van der Waals surface area (Å²) < 4.78 is 16.2. The fourth-order valence-corrected chi connectivity index (χ4v) is 4.02. The molecule has 0 aliphatic carbocycles. The van der Waals surface area contributed by atoms with E-state index in [1.54, 1.807) is 20.8 Å². The van der Waals surface area contributed by atoms with E-state index in [1.165, 1.54) is 11.8 Å². The molecular weight excluding hydrogens is 404 g/mol. The van der Waals surface area contributed by atoms with Gasteiger partial charge in [-0.3, -0.25) is 9.36 Å². The molecule has 0 bridgehead atoms. The van der Waals surface area contributed by atoms with E-state index in [1.807, 2.05) is 59.2 Å². The molecule has 0 fully saturated rings. The quantitative estimate of drug-likeness (QED) is 0.333. The third-order valence-corrected chi connectivity index (χ3v) is 5.69. The Morgan fingerprint density at radius 2 is 1.80 bits per heavy atom. The number of carbonyl (C=O) groups excluding carboxylic acids is 1. The minimum Gasteiger partial charge on any atom is -0.456 e. The van der Waals surface area contributed by atoms with Crippen molar-refractivity contribution in [1.29, 1.82) is 0 Å². The summed E-state index contributed by atoms with van der Waals surface area (Å²) in [7, 11) is 0. The first-order valence-electron chi connectivity index (χ1n) is 9.34. The molecule has 0 atom stereocenters. The maximum Gasteiger partial charge on any atom is 0.519 e. The number of para-hydroxylation sites is 3. The van der Waals surface area contributed by atoms with Crippen molar-refractivity contribution in [2.45, 2.75) is 37.3 Å². The average molecular weight is 424 g/mol. The molecule has 154 valence electrons. The predicted molar refractivity (Wildman–Crippen MR) is 113 cm³/mol. The summed E-state index contributed by atoms with van der Waals surface area (Å²) >= 11 is 1.31. The third-order valence-electron chi connectivity index (χ3n) is 4.55. The molecule has 0 unspecified atom stereocenters. The average Bonchev–Trinajstić information content (AvgIpc) is 3.24. The second-order valence-electron chi connectivity index (χ2n) is 7.18. The zero-order valence-electron chi connectivity index (χ0n) is 16.7. The van der Waals surface area contributed by atoms with Gasteiger partial charge in [0.2, 0.25) is 0 Å². The SMILES string of the molecule is Cc1oc(=O)oc1COC(=O)C(C)(C)Sc1nc2ccccc2n1-c1ccccc1. The van der Waals surface area contributed by atoms with E-state index >= 15 is 0 Å². The van der Waals surface area contributed by atoms with Crippen LogP contribution in [0.3, 0.4) is 0 Å². The van der Waals surface area contributed by atoms with E-state index in [0.29, 0.717) is 10.9 Å². The number of imidazole rings is 1. The number of carbonyl (C=O) groups is 1. The predicted octanol–water partition coefficient (Wildman–Crippen LogP) is 4.49. The van der Waals surface area contributed by atoms with Crippen molar-refractivity contribution in [3.63, 3.8) is 0 Å². The van der Waals surface area contributed by atoms with Gasteiger partial charge in [-0.15, -0.1) is 0 Å². The number of benzene rings is 2. The topological polar surface area (TPSA) is 87.5 Å². The van der Waals surface area contributed by atoms with Crippen LogP contribution >= 0.6 is 11.8 Å². The van der Waals surface area contributed by atoms with Crippen LogP contribution in [-0.4, -0.2) is 20.3 Å². The van der Waals surface area contributed by atoms with Gasteiger partial charge in [-0.2, -0.15) is 0 Å². The minimum absolute atomic E-state index is 0.171. The fraction of sp³-hybridized carbons (Fsp3) is 0.227. The first-order chi connectivity index (χ1) is 14.3. The van der Waals surface area contributed by atoms with Crippen molar-refractivity contribution in [1.82, 2.24) is 9.55 Å². The Hall–Kier alpha value is -3.26. The van der Waals surface area contributed by atoms with Gasteiger partial charge in [0.05, 0.1) is 11.0 Å². The van der Waals surface area contributed by atoms with Crippen LogP contribution < -0.4 is 5.82 Å². The second-order valence-corrected chi connectivity index (χ2v) is 8.77. The fourth-order valence-electron chi connectivity index (χ4n) is 2.98. The van der Waals surface area contributed by atoms with Crippen LogP contribution in [-0.2, 0) is 16.1 Å². The summed E-state index contributed by atoms with van der Waals surface area (Å²) in [6.45, 7) is 4.95. The van der Waals surface area contributed by atoms with E-state index in [9.17, 15) is 9.59 Å². The van der Waals surface area contributed by atoms with Gasteiger partial charge >= 0.3 is 11.8 Å². The van der Waals surface area contributed by atoms with Crippen molar-refractivity contribution < 1.29 is 18.4 Å². The van der Waals surface area contributed by atoms with Crippen LogP contribution in [0.2, 0.25) is 0 Å². The molecule has 2 heterocycles. The van der Waals surface area contributed by atoms with Crippen LogP contribution in [0.4, 0.5) is 0 Å². The summed E-state index contributed by atoms with van der Waals surface area (Å²) in [6.07, 6.45) is 0. The van der Waals surface area contributed by atoms with E-state index in [-0.39, 0.29) is 12.4 Å². The molecule has 30 heavy (non-hydrogen) atoms. The van der Waals surface area contributed by atoms with Crippen molar-refractivity contribution in [3.05, 3.63) is 76.7 Å². The van der Waals surface area contributed by atoms with Crippen molar-refractivity contribution in [3.8, 4) is 5.69 Å². The molecule has 0 aliphatic heterocycles. The number of rotatable bonds is 6. The molecule has 0 aliphatic rings. The lowest BCUT2D eigenvalue weighted by Gasteiger charge is -2.21. The Morgan fingerprint density at radius 3 is 2.50 bits per heavy atom. The summed E-state index contributed by atoms with van der Waals surface area (Å²) in [5.74, 6) is -0.777. The van der Waals surface area contributed by atoms with Crippen molar-refractivity contribution in [2.75, 3.05) is 0 Å². The number of esters is 1. The summed E-state index contributed by atoms with van der Waals surface area (Å²) in [5.41, 5.74) is 2.74. The lowest BCUT2D eigenvalue weighted by Crippen LogP contribution is -2.30. The zero-order chi connectivity index (χ0) is 21.3. The van der Waals surface area contributed by atoms with Crippen LogP contribution in [0.5, 0.6) is 0 Å². The highest BCUT2D eigenvalue weighted by atomic mass is 32.2. The van der Waals surface area contributed by atoms with Gasteiger partial charge in [-0.05, 0) is 45.0 Å². The van der Waals surface area contributed by atoms with E-state index in [4.69, 9.17) is 18.6 Å². The third kappa shape index (κ3) is 3.91. The molecule has 8 heteroatoms. The number of hydrogen-bond donors (Lipinski definition) is 0. The van der Waals surface area contributed by atoms with Crippen LogP contribution in [0.25, 0.3) is 16.7 Å². The van der Waals surface area contributed by atoms with Crippen molar-refractivity contribution >= 4 is 28.8 Å². The van der Waals surface area contributed by atoms with Gasteiger partial charge in [-0.25, -0.2) is 9.78 Å². The van der Waals surface area contributed by atoms with E-state index in [2.05, 4.69) is 0 Å². The molecule has 0 N–H and O–H groups in total.